The first-order valence-corrected chi connectivity index (χ1v) is 10.9. The molecular weight excluding hydrogens is 447 g/mol. The number of ether oxygens (including phenoxy) is 2. The maximum atomic E-state index is 12.4. The first-order valence-electron chi connectivity index (χ1n) is 9.84. The molecule has 2 amide bonds. The second-order valence-corrected chi connectivity index (χ2v) is 8.72. The number of carbonyl (C=O) groups excluding carboxylic acids is 2. The number of alkyl halides is 2. The van der Waals surface area contributed by atoms with E-state index in [-0.39, 0.29) is 24.6 Å². The van der Waals surface area contributed by atoms with Gasteiger partial charge in [0.05, 0.1) is 6.42 Å². The highest BCUT2D eigenvalue weighted by Gasteiger charge is 2.23. The molecule has 0 aliphatic heterocycles. The third-order valence-electron chi connectivity index (χ3n) is 4.10. The summed E-state index contributed by atoms with van der Waals surface area (Å²) in [5.41, 5.74) is 0.883. The number of benzene rings is 1. The third kappa shape index (κ3) is 10.6. The molecule has 0 saturated heterocycles. The van der Waals surface area contributed by atoms with Crippen molar-refractivity contribution in [3.8, 4) is 5.75 Å². The Kier molecular flexibility index (Phi) is 10.9. The Bertz CT molecular complexity index is 761. The van der Waals surface area contributed by atoms with Crippen molar-refractivity contribution in [1.29, 1.82) is 0 Å². The van der Waals surface area contributed by atoms with Crippen LogP contribution < -0.4 is 10.1 Å². The molecule has 8 nitrogen and oxygen atoms in total. The van der Waals surface area contributed by atoms with Crippen LogP contribution in [0.4, 0.5) is 9.59 Å². The lowest BCUT2D eigenvalue weighted by molar-refractivity contribution is -0.137. The number of aliphatic carboxylic acids is 1. The van der Waals surface area contributed by atoms with Gasteiger partial charge in [-0.25, -0.2) is 9.59 Å². The van der Waals surface area contributed by atoms with E-state index in [0.29, 0.717) is 18.8 Å². The van der Waals surface area contributed by atoms with E-state index in [4.69, 9.17) is 32.7 Å². The summed E-state index contributed by atoms with van der Waals surface area (Å²) < 4.78 is 10.7. The van der Waals surface area contributed by atoms with Crippen LogP contribution in [0.3, 0.4) is 0 Å². The summed E-state index contributed by atoms with van der Waals surface area (Å²) in [6.45, 7) is 7.60. The zero-order chi connectivity index (χ0) is 23.6. The summed E-state index contributed by atoms with van der Waals surface area (Å²) in [7, 11) is 0. The van der Waals surface area contributed by atoms with Gasteiger partial charge in [0.2, 0.25) is 0 Å². The van der Waals surface area contributed by atoms with Crippen molar-refractivity contribution in [1.82, 2.24) is 10.2 Å². The van der Waals surface area contributed by atoms with Crippen molar-refractivity contribution in [3.63, 3.8) is 0 Å². The minimum absolute atomic E-state index is 0.218. The molecule has 1 rings (SSSR count). The van der Waals surface area contributed by atoms with Gasteiger partial charge in [-0.15, -0.1) is 23.2 Å². The maximum absolute atomic E-state index is 12.4. The Labute approximate surface area is 192 Å². The van der Waals surface area contributed by atoms with Crippen LogP contribution in [0.1, 0.15) is 38.3 Å². The van der Waals surface area contributed by atoms with Gasteiger partial charge in [0, 0.05) is 30.9 Å². The second-order valence-electron chi connectivity index (χ2n) is 7.97. The molecule has 0 radical (unpaired) electrons. The molecule has 1 aromatic rings. The number of carboxylic acid groups (broad SMARTS) is 1. The summed E-state index contributed by atoms with van der Waals surface area (Å²) in [6, 6.07) is 4.35. The van der Waals surface area contributed by atoms with E-state index in [2.05, 4.69) is 5.32 Å². The topological polar surface area (TPSA) is 105 Å². The molecule has 2 N–H and O–H groups in total. The van der Waals surface area contributed by atoms with Crippen molar-refractivity contribution < 1.29 is 29.0 Å². The summed E-state index contributed by atoms with van der Waals surface area (Å²) in [5, 5.41) is 11.8. The lowest BCUT2D eigenvalue weighted by Crippen LogP contribution is -2.41. The Hall–Kier alpha value is -2.19. The fourth-order valence-corrected chi connectivity index (χ4v) is 3.13. The summed E-state index contributed by atoms with van der Waals surface area (Å²) in [5.74, 6) is -0.262. The van der Waals surface area contributed by atoms with Gasteiger partial charge >= 0.3 is 18.2 Å². The van der Waals surface area contributed by atoms with Crippen LogP contribution in [-0.2, 0) is 16.0 Å². The molecule has 0 aromatic heterocycles. The minimum Gasteiger partial charge on any atom is -0.481 e. The number of amides is 2. The van der Waals surface area contributed by atoms with Crippen molar-refractivity contribution in [2.24, 2.45) is 0 Å². The highest BCUT2D eigenvalue weighted by Crippen LogP contribution is 2.21. The number of hydrogen-bond acceptors (Lipinski definition) is 5. The monoisotopic (exact) mass is 476 g/mol. The second kappa shape index (κ2) is 12.6. The van der Waals surface area contributed by atoms with Gasteiger partial charge in [0.15, 0.2) is 0 Å². The summed E-state index contributed by atoms with van der Waals surface area (Å²) in [4.78, 5) is 37.2. The molecule has 0 saturated carbocycles. The number of nitrogens with one attached hydrogen (secondary N) is 1. The van der Waals surface area contributed by atoms with Crippen molar-refractivity contribution in [2.45, 2.75) is 52.2 Å². The molecule has 10 heteroatoms. The van der Waals surface area contributed by atoms with Crippen LogP contribution in [-0.4, -0.2) is 64.7 Å². The molecular formula is C21H30Cl2N2O6. The van der Waals surface area contributed by atoms with Gasteiger partial charge < -0.3 is 24.8 Å². The number of carbonyl (C=O) groups is 3. The van der Waals surface area contributed by atoms with Crippen LogP contribution >= 0.6 is 23.2 Å². The van der Waals surface area contributed by atoms with Crippen molar-refractivity contribution >= 4 is 41.4 Å². The van der Waals surface area contributed by atoms with Crippen molar-refractivity contribution in [2.75, 3.05) is 24.8 Å². The van der Waals surface area contributed by atoms with E-state index in [1.165, 1.54) is 4.90 Å². The van der Waals surface area contributed by atoms with Gasteiger partial charge in [0.25, 0.3) is 0 Å². The van der Waals surface area contributed by atoms with Crippen LogP contribution in [0, 0.1) is 6.92 Å². The molecule has 1 aromatic carbocycles. The summed E-state index contributed by atoms with van der Waals surface area (Å²) >= 11 is 11.4. The number of halogens is 2. The van der Waals surface area contributed by atoms with Gasteiger partial charge in [-0.1, -0.05) is 6.07 Å². The number of rotatable bonds is 10. The molecule has 0 fully saturated rings. The number of carboxylic acids is 1. The molecule has 31 heavy (non-hydrogen) atoms. The zero-order valence-electron chi connectivity index (χ0n) is 18.2. The van der Waals surface area contributed by atoms with Crippen LogP contribution in [0.25, 0.3) is 0 Å². The molecule has 1 atom stereocenters. The molecule has 0 aliphatic carbocycles. The smallest absolute Gasteiger partial charge is 0.415 e. The average Bonchev–Trinajstić information content (AvgIpc) is 2.62. The fraction of sp³-hybridized carbons (Fsp3) is 0.571. The minimum atomic E-state index is -1.06. The van der Waals surface area contributed by atoms with Crippen molar-refractivity contribution in [3.05, 3.63) is 29.3 Å². The lowest BCUT2D eigenvalue weighted by Gasteiger charge is -2.24. The van der Waals surface area contributed by atoms with E-state index in [1.807, 2.05) is 6.92 Å². The number of hydrogen-bond donors (Lipinski definition) is 2. The maximum Gasteiger partial charge on any atom is 0.415 e. The quantitative estimate of drug-likeness (QED) is 0.490. The van der Waals surface area contributed by atoms with Gasteiger partial charge in [-0.3, -0.25) is 4.79 Å². The first-order chi connectivity index (χ1) is 14.4. The Morgan fingerprint density at radius 1 is 1.16 bits per heavy atom. The van der Waals surface area contributed by atoms with Gasteiger partial charge in [0.1, 0.15) is 11.4 Å². The Balaban J connectivity index is 2.96. The normalized spacial score (nSPS) is 12.1. The third-order valence-corrected chi connectivity index (χ3v) is 4.44. The van der Waals surface area contributed by atoms with Crippen LogP contribution in [0.2, 0.25) is 0 Å². The fourth-order valence-electron chi connectivity index (χ4n) is 2.72. The predicted octanol–water partition coefficient (Wildman–Crippen LogP) is 4.18. The van der Waals surface area contributed by atoms with E-state index >= 15 is 0 Å². The van der Waals surface area contributed by atoms with Crippen LogP contribution in [0.5, 0.6) is 5.75 Å². The molecule has 0 bridgehead atoms. The molecule has 0 heterocycles. The van der Waals surface area contributed by atoms with E-state index in [9.17, 15) is 19.5 Å². The lowest BCUT2D eigenvalue weighted by atomic mass is 9.99. The number of alkyl carbamates (subject to hydrolysis) is 1. The van der Waals surface area contributed by atoms with Gasteiger partial charge in [-0.05, 0) is 57.4 Å². The average molecular weight is 477 g/mol. The highest BCUT2D eigenvalue weighted by atomic mass is 35.5. The number of nitrogens with zero attached hydrogens (tertiary/aromatic N) is 1. The number of aryl methyl sites for hydroxylation is 1. The summed E-state index contributed by atoms with van der Waals surface area (Å²) in [6.07, 6.45) is -1.35. The standard InChI is InChI=1S/C21H30Cl2N2O6/c1-14-5-6-17(30-20(29)25(9-7-22)10-8-23)12-15(14)11-16(13-18(26)27)24-19(28)31-21(2,3)4/h5-6,12,16H,7-11,13H2,1-4H3,(H,24,28)(H,26,27)/t16-/m0/s1. The van der Waals surface area contributed by atoms with E-state index < -0.39 is 29.8 Å². The van der Waals surface area contributed by atoms with Crippen LogP contribution in [0.15, 0.2) is 18.2 Å². The Morgan fingerprint density at radius 2 is 1.77 bits per heavy atom. The zero-order valence-corrected chi connectivity index (χ0v) is 19.8. The molecule has 0 aliphatic rings. The van der Waals surface area contributed by atoms with Gasteiger partial charge in [-0.2, -0.15) is 0 Å². The molecule has 0 spiro atoms. The SMILES string of the molecule is Cc1ccc(OC(=O)N(CCCl)CCCl)cc1C[C@@H](CC(=O)O)NC(=O)OC(C)(C)C. The Morgan fingerprint density at radius 3 is 2.29 bits per heavy atom. The molecule has 174 valence electrons. The predicted molar refractivity (Wildman–Crippen MR) is 119 cm³/mol. The highest BCUT2D eigenvalue weighted by molar-refractivity contribution is 6.18. The first kappa shape index (κ1) is 26.8. The van der Waals surface area contributed by atoms with E-state index in [1.54, 1.807) is 39.0 Å². The van der Waals surface area contributed by atoms with E-state index in [0.717, 1.165) is 11.1 Å². The largest absolute Gasteiger partial charge is 0.481 e. The molecule has 0 unspecified atom stereocenters.